The Morgan fingerprint density at radius 3 is 2.84 bits per heavy atom. The van der Waals surface area contributed by atoms with Crippen LogP contribution in [-0.4, -0.2) is 30.3 Å². The third-order valence-electron chi connectivity index (χ3n) is 2.42. The lowest BCUT2D eigenvalue weighted by molar-refractivity contribution is 0.0807. The monoisotopic (exact) mass is 269 g/mol. The van der Waals surface area contributed by atoms with E-state index in [1.54, 1.807) is 6.07 Å². The van der Waals surface area contributed by atoms with Crippen LogP contribution < -0.4 is 11.1 Å². The minimum absolute atomic E-state index is 0.108. The van der Waals surface area contributed by atoms with Crippen molar-refractivity contribution in [3.63, 3.8) is 0 Å². The van der Waals surface area contributed by atoms with Gasteiger partial charge in [-0.25, -0.2) is 4.39 Å². The third-order valence-corrected chi connectivity index (χ3v) is 2.42. The first-order chi connectivity index (χ1) is 9.02. The number of ether oxygens (including phenoxy) is 1. The van der Waals surface area contributed by atoms with Crippen molar-refractivity contribution < 1.29 is 14.3 Å². The second kappa shape index (κ2) is 7.70. The van der Waals surface area contributed by atoms with Gasteiger partial charge in [-0.2, -0.15) is 0 Å². The summed E-state index contributed by atoms with van der Waals surface area (Å²) < 4.78 is 18.7. The Morgan fingerprint density at radius 2 is 2.21 bits per heavy atom. The van der Waals surface area contributed by atoms with Crippen LogP contribution in [0, 0.1) is 5.82 Å². The highest BCUT2D eigenvalue weighted by atomic mass is 19.1. The second-order valence-corrected chi connectivity index (χ2v) is 4.43. The van der Waals surface area contributed by atoms with E-state index in [0.717, 1.165) is 5.56 Å². The van der Waals surface area contributed by atoms with Crippen molar-refractivity contribution in [1.82, 2.24) is 5.32 Å². The molecule has 0 fully saturated rings. The van der Waals surface area contributed by atoms with Crippen molar-refractivity contribution >= 4 is 5.84 Å². The fourth-order valence-electron chi connectivity index (χ4n) is 1.56. The second-order valence-electron chi connectivity index (χ2n) is 4.43. The summed E-state index contributed by atoms with van der Waals surface area (Å²) in [7, 11) is 0. The summed E-state index contributed by atoms with van der Waals surface area (Å²) in [5, 5.41) is 14.6. The van der Waals surface area contributed by atoms with E-state index in [1.165, 1.54) is 12.1 Å². The van der Waals surface area contributed by atoms with Crippen LogP contribution in [0.2, 0.25) is 0 Å². The highest BCUT2D eigenvalue weighted by Crippen LogP contribution is 2.09. The van der Waals surface area contributed by atoms with Crippen LogP contribution in [0.3, 0.4) is 0 Å². The minimum Gasteiger partial charge on any atom is -0.409 e. The van der Waals surface area contributed by atoms with Crippen LogP contribution in [0.5, 0.6) is 0 Å². The molecule has 5 nitrogen and oxygen atoms in total. The summed E-state index contributed by atoms with van der Waals surface area (Å²) in [6.45, 7) is 5.70. The molecule has 0 aromatic heterocycles. The zero-order chi connectivity index (χ0) is 14.3. The summed E-state index contributed by atoms with van der Waals surface area (Å²) >= 11 is 0. The molecule has 0 aliphatic carbocycles. The molecule has 0 heterocycles. The molecular weight excluding hydrogens is 249 g/mol. The molecule has 0 aliphatic heterocycles. The van der Waals surface area contributed by atoms with E-state index < -0.39 is 5.82 Å². The first-order valence-corrected chi connectivity index (χ1v) is 6.12. The predicted octanol–water partition coefficient (Wildman–Crippen LogP) is 1.43. The Balaban J connectivity index is 2.52. The fraction of sp³-hybridized carbons (Fsp3) is 0.462. The molecule has 0 aliphatic rings. The van der Waals surface area contributed by atoms with Crippen molar-refractivity contribution in [3.05, 3.63) is 35.1 Å². The number of benzene rings is 1. The van der Waals surface area contributed by atoms with Gasteiger partial charge in [0.15, 0.2) is 5.84 Å². The number of halogens is 1. The van der Waals surface area contributed by atoms with Crippen molar-refractivity contribution in [2.24, 2.45) is 10.9 Å². The zero-order valence-corrected chi connectivity index (χ0v) is 11.2. The van der Waals surface area contributed by atoms with Crippen LogP contribution in [0.1, 0.15) is 25.0 Å². The number of rotatable bonds is 7. The van der Waals surface area contributed by atoms with Gasteiger partial charge in [0.1, 0.15) is 5.82 Å². The molecule has 0 bridgehead atoms. The smallest absolute Gasteiger partial charge is 0.170 e. The molecule has 1 rings (SSSR count). The quantitative estimate of drug-likeness (QED) is 0.230. The maximum absolute atomic E-state index is 13.4. The van der Waals surface area contributed by atoms with Gasteiger partial charge in [-0.1, -0.05) is 5.16 Å². The molecule has 106 valence electrons. The van der Waals surface area contributed by atoms with Crippen LogP contribution >= 0.6 is 0 Å². The number of nitrogens with two attached hydrogens (primary N) is 1. The van der Waals surface area contributed by atoms with E-state index in [0.29, 0.717) is 25.3 Å². The van der Waals surface area contributed by atoms with Gasteiger partial charge in [-0.15, -0.1) is 0 Å². The highest BCUT2D eigenvalue weighted by Gasteiger charge is 2.04. The Morgan fingerprint density at radius 1 is 1.47 bits per heavy atom. The van der Waals surface area contributed by atoms with Gasteiger partial charge in [-0.05, 0) is 37.6 Å². The average Bonchev–Trinajstić information content (AvgIpc) is 2.36. The fourth-order valence-corrected chi connectivity index (χ4v) is 1.56. The first kappa shape index (κ1) is 15.4. The summed E-state index contributed by atoms with van der Waals surface area (Å²) in [4.78, 5) is 0. The molecule has 0 spiro atoms. The van der Waals surface area contributed by atoms with Gasteiger partial charge in [0.05, 0.1) is 12.7 Å². The standard InChI is InChI=1S/C13H20FN3O2/c1-9(2)19-4-3-16-8-10-5-11(13(15)17-18)7-12(14)6-10/h5-7,9,16,18H,3-4,8H2,1-2H3,(H2,15,17). The normalized spacial score (nSPS) is 12.1. The van der Waals surface area contributed by atoms with E-state index in [2.05, 4.69) is 10.5 Å². The molecule has 1 aromatic carbocycles. The number of nitrogens with zero attached hydrogens (tertiary/aromatic N) is 1. The number of nitrogens with one attached hydrogen (secondary N) is 1. The van der Waals surface area contributed by atoms with Crippen molar-refractivity contribution in [2.75, 3.05) is 13.2 Å². The summed E-state index contributed by atoms with van der Waals surface area (Å²) in [6.07, 6.45) is 0.197. The molecule has 0 unspecified atom stereocenters. The molecule has 0 amide bonds. The lowest BCUT2D eigenvalue weighted by atomic mass is 10.1. The van der Waals surface area contributed by atoms with E-state index in [9.17, 15) is 4.39 Å². The molecule has 0 saturated heterocycles. The molecule has 4 N–H and O–H groups in total. The summed E-state index contributed by atoms with van der Waals surface area (Å²) in [5.74, 6) is -0.525. The van der Waals surface area contributed by atoms with Gasteiger partial charge in [-0.3, -0.25) is 0 Å². The van der Waals surface area contributed by atoms with Crippen LogP contribution in [-0.2, 0) is 11.3 Å². The SMILES string of the molecule is CC(C)OCCNCc1cc(F)cc(/C(N)=N/O)c1. The van der Waals surface area contributed by atoms with Gasteiger partial charge >= 0.3 is 0 Å². The molecule has 6 heteroatoms. The van der Waals surface area contributed by atoms with Crippen LogP contribution in [0.4, 0.5) is 4.39 Å². The Bertz CT molecular complexity index is 436. The summed E-state index contributed by atoms with van der Waals surface area (Å²) in [6, 6.07) is 4.30. The number of amidine groups is 1. The van der Waals surface area contributed by atoms with Crippen molar-refractivity contribution in [1.29, 1.82) is 0 Å². The van der Waals surface area contributed by atoms with Crippen LogP contribution in [0.15, 0.2) is 23.4 Å². The average molecular weight is 269 g/mol. The van der Waals surface area contributed by atoms with E-state index in [4.69, 9.17) is 15.7 Å². The number of hydrogen-bond donors (Lipinski definition) is 3. The Hall–Kier alpha value is -1.66. The third kappa shape index (κ3) is 5.67. The molecule has 1 aromatic rings. The lowest BCUT2D eigenvalue weighted by Gasteiger charge is -2.09. The van der Waals surface area contributed by atoms with Gasteiger partial charge in [0.2, 0.25) is 0 Å². The highest BCUT2D eigenvalue weighted by molar-refractivity contribution is 5.97. The predicted molar refractivity (Wildman–Crippen MR) is 71.7 cm³/mol. The Labute approximate surface area is 112 Å². The minimum atomic E-state index is -0.417. The van der Waals surface area contributed by atoms with Gasteiger partial charge in [0, 0.05) is 18.7 Å². The molecule has 19 heavy (non-hydrogen) atoms. The topological polar surface area (TPSA) is 79.9 Å². The van der Waals surface area contributed by atoms with Crippen molar-refractivity contribution in [3.8, 4) is 0 Å². The van der Waals surface area contributed by atoms with Gasteiger partial charge < -0.3 is 21.0 Å². The molecule has 0 radical (unpaired) electrons. The number of oxime groups is 1. The van der Waals surface area contributed by atoms with E-state index in [1.807, 2.05) is 13.8 Å². The molecule has 0 saturated carbocycles. The lowest BCUT2D eigenvalue weighted by Crippen LogP contribution is -2.21. The zero-order valence-electron chi connectivity index (χ0n) is 11.2. The summed E-state index contributed by atoms with van der Waals surface area (Å²) in [5.41, 5.74) is 6.52. The van der Waals surface area contributed by atoms with E-state index >= 15 is 0 Å². The molecule has 0 atom stereocenters. The molecular formula is C13H20FN3O2. The first-order valence-electron chi connectivity index (χ1n) is 6.12. The van der Waals surface area contributed by atoms with E-state index in [-0.39, 0.29) is 11.9 Å². The Kier molecular flexibility index (Phi) is 6.24. The van der Waals surface area contributed by atoms with Crippen LogP contribution in [0.25, 0.3) is 0 Å². The maximum Gasteiger partial charge on any atom is 0.170 e. The number of hydrogen-bond acceptors (Lipinski definition) is 4. The van der Waals surface area contributed by atoms with Crippen molar-refractivity contribution in [2.45, 2.75) is 26.5 Å². The largest absolute Gasteiger partial charge is 0.409 e. The van der Waals surface area contributed by atoms with Gasteiger partial charge in [0.25, 0.3) is 0 Å². The maximum atomic E-state index is 13.4.